The fourth-order valence-electron chi connectivity index (χ4n) is 1.17. The lowest BCUT2D eigenvalue weighted by atomic mass is 9.98. The number of nitriles is 1. The topological polar surface area (TPSA) is 70.0 Å². The van der Waals surface area contributed by atoms with E-state index in [1.165, 1.54) is 0 Å². The molecule has 0 heterocycles. The average molecular weight is 170 g/mol. The molecule has 0 aromatic rings. The maximum atomic E-state index is 8.91. The molecule has 0 bridgehead atoms. The molecule has 0 amide bonds. The Labute approximate surface area is 74.2 Å². The van der Waals surface area contributed by atoms with Crippen LogP contribution >= 0.6 is 0 Å². The van der Waals surface area contributed by atoms with Crippen LogP contribution in [-0.4, -0.2) is 18.3 Å². The number of aliphatic hydroxyl groups is 1. The Morgan fingerprint density at radius 2 is 2.08 bits per heavy atom. The van der Waals surface area contributed by atoms with Gasteiger partial charge < -0.3 is 10.8 Å². The largest absolute Gasteiger partial charge is 0.396 e. The van der Waals surface area contributed by atoms with Crippen LogP contribution in [0.25, 0.3) is 0 Å². The molecule has 0 spiro atoms. The molecule has 0 aliphatic carbocycles. The van der Waals surface area contributed by atoms with Gasteiger partial charge in [-0.3, -0.25) is 0 Å². The van der Waals surface area contributed by atoms with Gasteiger partial charge in [-0.25, -0.2) is 0 Å². The van der Waals surface area contributed by atoms with Gasteiger partial charge in [0.1, 0.15) is 0 Å². The molecule has 1 atom stereocenters. The van der Waals surface area contributed by atoms with Gasteiger partial charge in [0.05, 0.1) is 6.07 Å². The summed E-state index contributed by atoms with van der Waals surface area (Å²) < 4.78 is 0. The van der Waals surface area contributed by atoms with Gasteiger partial charge in [-0.15, -0.1) is 0 Å². The molecule has 0 aromatic carbocycles. The summed E-state index contributed by atoms with van der Waals surface area (Å²) in [7, 11) is 0. The van der Waals surface area contributed by atoms with E-state index in [0.29, 0.717) is 12.3 Å². The number of aliphatic hydroxyl groups excluding tert-OH is 1. The molecule has 70 valence electrons. The van der Waals surface area contributed by atoms with Crippen molar-refractivity contribution in [3.8, 4) is 6.07 Å². The standard InChI is InChI=1S/C9H18N2O/c10-6-2-1-4-9(8-12)5-3-7-11/h9,12H,1-6,8,10H2. The molecule has 0 fully saturated rings. The van der Waals surface area contributed by atoms with Crippen molar-refractivity contribution in [3.63, 3.8) is 0 Å². The number of unbranched alkanes of at least 4 members (excludes halogenated alkanes) is 1. The third-order valence-electron chi connectivity index (χ3n) is 1.99. The van der Waals surface area contributed by atoms with Gasteiger partial charge in [0.2, 0.25) is 0 Å². The Hall–Kier alpha value is -0.590. The van der Waals surface area contributed by atoms with Crippen LogP contribution < -0.4 is 5.73 Å². The summed E-state index contributed by atoms with van der Waals surface area (Å²) in [5.41, 5.74) is 5.34. The van der Waals surface area contributed by atoms with Gasteiger partial charge in [0.15, 0.2) is 0 Å². The van der Waals surface area contributed by atoms with Gasteiger partial charge in [0, 0.05) is 13.0 Å². The maximum absolute atomic E-state index is 8.91. The summed E-state index contributed by atoms with van der Waals surface area (Å²) in [6.45, 7) is 0.919. The first-order valence-corrected chi connectivity index (χ1v) is 4.53. The molecule has 0 aliphatic heterocycles. The van der Waals surface area contributed by atoms with Crippen molar-refractivity contribution >= 4 is 0 Å². The highest BCUT2D eigenvalue weighted by atomic mass is 16.3. The summed E-state index contributed by atoms with van der Waals surface area (Å²) >= 11 is 0. The molecule has 3 heteroatoms. The molecule has 12 heavy (non-hydrogen) atoms. The molecule has 3 nitrogen and oxygen atoms in total. The summed E-state index contributed by atoms with van der Waals surface area (Å²) in [5, 5.41) is 17.2. The van der Waals surface area contributed by atoms with Crippen LogP contribution in [0, 0.1) is 17.2 Å². The van der Waals surface area contributed by atoms with Crippen molar-refractivity contribution in [1.29, 1.82) is 5.26 Å². The number of hydrogen-bond acceptors (Lipinski definition) is 3. The summed E-state index contributed by atoms with van der Waals surface area (Å²) in [6.07, 6.45) is 4.44. The van der Waals surface area contributed by atoms with Crippen LogP contribution in [0.2, 0.25) is 0 Å². The molecule has 1 unspecified atom stereocenters. The van der Waals surface area contributed by atoms with E-state index in [-0.39, 0.29) is 6.61 Å². The summed E-state index contributed by atoms with van der Waals surface area (Å²) in [4.78, 5) is 0. The van der Waals surface area contributed by atoms with E-state index in [1.54, 1.807) is 0 Å². The Morgan fingerprint density at radius 3 is 2.58 bits per heavy atom. The van der Waals surface area contributed by atoms with E-state index < -0.39 is 0 Å². The lowest BCUT2D eigenvalue weighted by molar-refractivity contribution is 0.209. The van der Waals surface area contributed by atoms with Crippen LogP contribution in [0.15, 0.2) is 0 Å². The minimum Gasteiger partial charge on any atom is -0.396 e. The first kappa shape index (κ1) is 11.4. The zero-order valence-corrected chi connectivity index (χ0v) is 7.50. The van der Waals surface area contributed by atoms with E-state index in [0.717, 1.165) is 32.2 Å². The van der Waals surface area contributed by atoms with Crippen molar-refractivity contribution < 1.29 is 5.11 Å². The number of rotatable bonds is 7. The van der Waals surface area contributed by atoms with Crippen molar-refractivity contribution in [2.45, 2.75) is 32.1 Å². The highest BCUT2D eigenvalue weighted by Crippen LogP contribution is 2.13. The number of nitrogens with zero attached hydrogens (tertiary/aromatic N) is 1. The van der Waals surface area contributed by atoms with Crippen molar-refractivity contribution in [3.05, 3.63) is 0 Å². The van der Waals surface area contributed by atoms with Crippen LogP contribution in [-0.2, 0) is 0 Å². The van der Waals surface area contributed by atoms with E-state index in [1.807, 2.05) is 0 Å². The molecule has 0 aromatic heterocycles. The third-order valence-corrected chi connectivity index (χ3v) is 1.99. The molecule has 0 saturated heterocycles. The van der Waals surface area contributed by atoms with E-state index >= 15 is 0 Å². The van der Waals surface area contributed by atoms with Crippen LogP contribution in [0.1, 0.15) is 32.1 Å². The van der Waals surface area contributed by atoms with Crippen LogP contribution in [0.5, 0.6) is 0 Å². The minimum atomic E-state index is 0.201. The molecule has 3 N–H and O–H groups in total. The molecule has 0 saturated carbocycles. The molecule has 0 radical (unpaired) electrons. The Bertz CT molecular complexity index is 131. The Morgan fingerprint density at radius 1 is 1.33 bits per heavy atom. The number of nitrogens with two attached hydrogens (primary N) is 1. The Balaban J connectivity index is 3.34. The van der Waals surface area contributed by atoms with Crippen LogP contribution in [0.4, 0.5) is 0 Å². The second kappa shape index (κ2) is 8.51. The highest BCUT2D eigenvalue weighted by molar-refractivity contribution is 4.71. The van der Waals surface area contributed by atoms with E-state index in [2.05, 4.69) is 6.07 Å². The lowest BCUT2D eigenvalue weighted by Gasteiger charge is -2.10. The maximum Gasteiger partial charge on any atom is 0.0621 e. The second-order valence-corrected chi connectivity index (χ2v) is 3.03. The summed E-state index contributed by atoms with van der Waals surface area (Å²) in [5.74, 6) is 0.302. The van der Waals surface area contributed by atoms with Crippen molar-refractivity contribution in [2.24, 2.45) is 11.7 Å². The van der Waals surface area contributed by atoms with Gasteiger partial charge in [-0.05, 0) is 31.7 Å². The molecular weight excluding hydrogens is 152 g/mol. The molecular formula is C9H18N2O. The summed E-state index contributed by atoms with van der Waals surface area (Å²) in [6, 6.07) is 2.09. The highest BCUT2D eigenvalue weighted by Gasteiger charge is 2.05. The predicted molar refractivity (Wildman–Crippen MR) is 48.3 cm³/mol. The quantitative estimate of drug-likeness (QED) is 0.560. The third kappa shape index (κ3) is 6.14. The predicted octanol–water partition coefficient (Wildman–Crippen LogP) is 1.03. The van der Waals surface area contributed by atoms with Gasteiger partial charge in [-0.1, -0.05) is 6.42 Å². The monoisotopic (exact) mass is 170 g/mol. The van der Waals surface area contributed by atoms with Gasteiger partial charge in [-0.2, -0.15) is 5.26 Å². The fraction of sp³-hybridized carbons (Fsp3) is 0.889. The first-order chi connectivity index (χ1) is 5.85. The number of hydrogen-bond donors (Lipinski definition) is 2. The minimum absolute atomic E-state index is 0.201. The lowest BCUT2D eigenvalue weighted by Crippen LogP contribution is -2.07. The van der Waals surface area contributed by atoms with Crippen molar-refractivity contribution in [1.82, 2.24) is 0 Å². The zero-order chi connectivity index (χ0) is 9.23. The normalized spacial score (nSPS) is 12.4. The second-order valence-electron chi connectivity index (χ2n) is 3.03. The van der Waals surface area contributed by atoms with Crippen LogP contribution in [0.3, 0.4) is 0 Å². The average Bonchev–Trinajstić information content (AvgIpc) is 2.11. The van der Waals surface area contributed by atoms with E-state index in [4.69, 9.17) is 16.1 Å². The molecule has 0 rings (SSSR count). The van der Waals surface area contributed by atoms with Crippen molar-refractivity contribution in [2.75, 3.05) is 13.2 Å². The molecule has 0 aliphatic rings. The smallest absolute Gasteiger partial charge is 0.0621 e. The zero-order valence-electron chi connectivity index (χ0n) is 7.50. The van der Waals surface area contributed by atoms with Gasteiger partial charge in [0.25, 0.3) is 0 Å². The van der Waals surface area contributed by atoms with E-state index in [9.17, 15) is 0 Å². The van der Waals surface area contributed by atoms with Gasteiger partial charge >= 0.3 is 0 Å². The fourth-order valence-corrected chi connectivity index (χ4v) is 1.17. The first-order valence-electron chi connectivity index (χ1n) is 4.53. The Kier molecular flexibility index (Phi) is 8.09. The SMILES string of the molecule is N#CCCC(CO)CCCCN.